The number of aromatic nitrogens is 2. The minimum Gasteiger partial charge on any atom is -0.260 e. The average Bonchev–Trinajstić information content (AvgIpc) is 3.27. The molecule has 0 spiro atoms. The lowest BCUT2D eigenvalue weighted by Gasteiger charge is -2.19. The molecule has 2 nitrogen and oxygen atoms in total. The number of rotatable bonds is 4. The van der Waals surface area contributed by atoms with Gasteiger partial charge in [0, 0.05) is 11.6 Å². The standard InChI is InChI=1S/C28H18F6N2/c29-27(30,31)23-11-6-18(7-12-23)21-10-15-25-22(16-21)17-36(35-25)26(19-4-2-1-3-5-19)20-8-13-24(14-9-20)28(32,33)34/h1-17,26H. The number of nitrogens with zero attached hydrogens (tertiary/aromatic N) is 2. The van der Waals surface area contributed by atoms with Crippen LogP contribution in [0.25, 0.3) is 22.0 Å². The monoisotopic (exact) mass is 496 g/mol. The molecule has 0 saturated heterocycles. The van der Waals surface area contributed by atoms with Crippen LogP contribution in [0.15, 0.2) is 103 Å². The second-order valence-corrected chi connectivity index (χ2v) is 8.39. The minimum atomic E-state index is -4.43. The highest BCUT2D eigenvalue weighted by molar-refractivity contribution is 5.84. The third-order valence-electron chi connectivity index (χ3n) is 6.00. The number of fused-ring (bicyclic) bond motifs is 1. The number of halogens is 6. The van der Waals surface area contributed by atoms with Gasteiger partial charge in [0.25, 0.3) is 0 Å². The van der Waals surface area contributed by atoms with Crippen LogP contribution in [0.1, 0.15) is 28.3 Å². The molecule has 4 aromatic carbocycles. The summed E-state index contributed by atoms with van der Waals surface area (Å²) >= 11 is 0. The highest BCUT2D eigenvalue weighted by Gasteiger charge is 2.31. The zero-order chi connectivity index (χ0) is 25.5. The van der Waals surface area contributed by atoms with Gasteiger partial charge in [-0.3, -0.25) is 4.68 Å². The van der Waals surface area contributed by atoms with E-state index in [1.807, 2.05) is 36.4 Å². The molecule has 8 heteroatoms. The number of benzene rings is 4. The first-order valence-electron chi connectivity index (χ1n) is 11.0. The van der Waals surface area contributed by atoms with Gasteiger partial charge in [-0.1, -0.05) is 60.7 Å². The Labute approximate surface area is 202 Å². The maximum absolute atomic E-state index is 13.1. The maximum atomic E-state index is 13.1. The highest BCUT2D eigenvalue weighted by atomic mass is 19.4. The predicted octanol–water partition coefficient (Wildman–Crippen LogP) is 8.38. The summed E-state index contributed by atoms with van der Waals surface area (Å²) in [5.41, 5.74) is 2.02. The van der Waals surface area contributed by atoms with Crippen molar-refractivity contribution in [3.63, 3.8) is 0 Å². The molecule has 5 rings (SSSR count). The Balaban J connectivity index is 1.55. The normalized spacial score (nSPS) is 13.2. The molecule has 0 radical (unpaired) electrons. The van der Waals surface area contributed by atoms with E-state index >= 15 is 0 Å². The molecule has 5 aromatic rings. The van der Waals surface area contributed by atoms with Crippen molar-refractivity contribution in [3.8, 4) is 11.1 Å². The van der Waals surface area contributed by atoms with Gasteiger partial charge in [0.05, 0.1) is 16.6 Å². The van der Waals surface area contributed by atoms with Crippen molar-refractivity contribution in [2.45, 2.75) is 18.4 Å². The van der Waals surface area contributed by atoms with Gasteiger partial charge in [-0.05, 0) is 58.7 Å². The Morgan fingerprint density at radius 3 is 1.69 bits per heavy atom. The molecule has 1 atom stereocenters. The minimum absolute atomic E-state index is 0.476. The topological polar surface area (TPSA) is 17.8 Å². The lowest BCUT2D eigenvalue weighted by molar-refractivity contribution is -0.138. The molecule has 0 bridgehead atoms. The summed E-state index contributed by atoms with van der Waals surface area (Å²) < 4.78 is 79.7. The molecular formula is C28H18F6N2. The van der Waals surface area contributed by atoms with Gasteiger partial charge in [0.1, 0.15) is 6.04 Å². The van der Waals surface area contributed by atoms with E-state index in [9.17, 15) is 26.3 Å². The molecule has 0 aliphatic carbocycles. The third-order valence-corrected chi connectivity index (χ3v) is 6.00. The van der Waals surface area contributed by atoms with E-state index in [1.54, 1.807) is 23.0 Å². The van der Waals surface area contributed by atoms with Crippen molar-refractivity contribution in [2.75, 3.05) is 0 Å². The Hall–Kier alpha value is -4.07. The first-order valence-corrected chi connectivity index (χ1v) is 11.0. The van der Waals surface area contributed by atoms with Crippen LogP contribution in [0.5, 0.6) is 0 Å². The summed E-state index contributed by atoms with van der Waals surface area (Å²) in [7, 11) is 0. The van der Waals surface area contributed by atoms with Crippen LogP contribution in [0.2, 0.25) is 0 Å². The van der Waals surface area contributed by atoms with Crippen LogP contribution >= 0.6 is 0 Å². The first-order chi connectivity index (χ1) is 17.1. The number of hydrogen-bond donors (Lipinski definition) is 0. The van der Waals surface area contributed by atoms with Crippen molar-refractivity contribution in [3.05, 3.63) is 126 Å². The highest BCUT2D eigenvalue weighted by Crippen LogP contribution is 2.34. The molecule has 182 valence electrons. The van der Waals surface area contributed by atoms with Crippen LogP contribution in [-0.2, 0) is 12.4 Å². The second kappa shape index (κ2) is 8.86. The molecule has 0 aliphatic heterocycles. The molecule has 0 fully saturated rings. The van der Waals surface area contributed by atoms with Crippen LogP contribution in [-0.4, -0.2) is 9.78 Å². The summed E-state index contributed by atoms with van der Waals surface area (Å²) in [6.45, 7) is 0. The van der Waals surface area contributed by atoms with Crippen LogP contribution in [0.3, 0.4) is 0 Å². The molecule has 36 heavy (non-hydrogen) atoms. The van der Waals surface area contributed by atoms with Gasteiger partial charge in [0.2, 0.25) is 0 Å². The van der Waals surface area contributed by atoms with E-state index in [0.29, 0.717) is 16.6 Å². The summed E-state index contributed by atoms with van der Waals surface area (Å²) in [5, 5.41) is 5.41. The number of hydrogen-bond acceptors (Lipinski definition) is 1. The van der Waals surface area contributed by atoms with E-state index in [2.05, 4.69) is 5.10 Å². The summed E-state index contributed by atoms with van der Waals surface area (Å²) in [5.74, 6) is 0. The van der Waals surface area contributed by atoms with Gasteiger partial charge in [-0.2, -0.15) is 31.4 Å². The molecule has 0 saturated carbocycles. The zero-order valence-electron chi connectivity index (χ0n) is 18.6. The van der Waals surface area contributed by atoms with E-state index < -0.39 is 29.5 Å². The Bertz CT molecular complexity index is 1480. The quantitative estimate of drug-likeness (QED) is 0.229. The van der Waals surface area contributed by atoms with Crippen molar-refractivity contribution in [2.24, 2.45) is 0 Å². The Morgan fingerprint density at radius 1 is 0.583 bits per heavy atom. The van der Waals surface area contributed by atoms with E-state index in [-0.39, 0.29) is 0 Å². The molecule has 0 aliphatic rings. The summed E-state index contributed by atoms with van der Waals surface area (Å²) in [4.78, 5) is 0. The smallest absolute Gasteiger partial charge is 0.260 e. The fourth-order valence-electron chi connectivity index (χ4n) is 4.20. The summed E-state index contributed by atoms with van der Waals surface area (Å²) in [6.07, 6.45) is -7.05. The zero-order valence-corrected chi connectivity index (χ0v) is 18.6. The summed E-state index contributed by atoms with van der Waals surface area (Å²) in [6, 6.07) is 24.1. The van der Waals surface area contributed by atoms with Gasteiger partial charge in [0.15, 0.2) is 0 Å². The van der Waals surface area contributed by atoms with E-state index in [0.717, 1.165) is 40.8 Å². The lowest BCUT2D eigenvalue weighted by Crippen LogP contribution is -2.13. The number of alkyl halides is 6. The SMILES string of the molecule is FC(F)(F)c1ccc(-c2ccc3nn(C(c4ccccc4)c4ccc(C(F)(F)F)cc4)cc3c2)cc1. The third kappa shape index (κ3) is 4.71. The van der Waals surface area contributed by atoms with Crippen LogP contribution in [0, 0.1) is 0 Å². The Kier molecular flexibility index (Phi) is 5.82. The predicted molar refractivity (Wildman–Crippen MR) is 125 cm³/mol. The molecular weight excluding hydrogens is 478 g/mol. The molecule has 1 heterocycles. The van der Waals surface area contributed by atoms with Gasteiger partial charge in [-0.15, -0.1) is 0 Å². The largest absolute Gasteiger partial charge is 0.416 e. The lowest BCUT2D eigenvalue weighted by atomic mass is 9.97. The fraction of sp³-hybridized carbons (Fsp3) is 0.107. The van der Waals surface area contributed by atoms with E-state index in [1.165, 1.54) is 24.3 Å². The van der Waals surface area contributed by atoms with Crippen molar-refractivity contribution in [1.29, 1.82) is 0 Å². The Morgan fingerprint density at radius 2 is 1.11 bits per heavy atom. The second-order valence-electron chi connectivity index (χ2n) is 8.39. The van der Waals surface area contributed by atoms with Crippen LogP contribution < -0.4 is 0 Å². The average molecular weight is 496 g/mol. The van der Waals surface area contributed by atoms with Gasteiger partial charge < -0.3 is 0 Å². The molecule has 1 aromatic heterocycles. The molecule has 1 unspecified atom stereocenters. The maximum Gasteiger partial charge on any atom is 0.416 e. The fourth-order valence-corrected chi connectivity index (χ4v) is 4.20. The van der Waals surface area contributed by atoms with Crippen molar-refractivity contribution >= 4 is 10.9 Å². The molecule has 0 amide bonds. The van der Waals surface area contributed by atoms with Crippen molar-refractivity contribution < 1.29 is 26.3 Å². The molecule has 0 N–H and O–H groups in total. The van der Waals surface area contributed by atoms with Gasteiger partial charge in [-0.25, -0.2) is 0 Å². The van der Waals surface area contributed by atoms with Gasteiger partial charge >= 0.3 is 12.4 Å². The van der Waals surface area contributed by atoms with E-state index in [4.69, 9.17) is 0 Å². The first kappa shape index (κ1) is 23.7. The van der Waals surface area contributed by atoms with Crippen LogP contribution in [0.4, 0.5) is 26.3 Å². The van der Waals surface area contributed by atoms with Crippen molar-refractivity contribution in [1.82, 2.24) is 9.78 Å².